The number of halogens is 3. The average Bonchev–Trinajstić information content (AvgIpc) is 3.56. The van der Waals surface area contributed by atoms with E-state index >= 15 is 4.39 Å². The van der Waals surface area contributed by atoms with Gasteiger partial charge < -0.3 is 10.1 Å². The summed E-state index contributed by atoms with van der Waals surface area (Å²) >= 11 is 4.85. The minimum atomic E-state index is -2.49. The van der Waals surface area contributed by atoms with E-state index in [1.807, 2.05) is 19.1 Å². The smallest absolute Gasteiger partial charge is 0.228 e. The second-order valence-electron chi connectivity index (χ2n) is 10.6. The van der Waals surface area contributed by atoms with Crippen molar-refractivity contribution in [2.75, 3.05) is 5.32 Å². The van der Waals surface area contributed by atoms with Crippen LogP contribution < -0.4 is 15.4 Å². The molecule has 9 nitrogen and oxygen atoms in total. The van der Waals surface area contributed by atoms with Crippen LogP contribution in [-0.2, 0) is 23.3 Å². The molecule has 2 N–H and O–H groups in total. The Balaban J connectivity index is 1.22. The van der Waals surface area contributed by atoms with Crippen LogP contribution in [0, 0.1) is 11.6 Å². The molecule has 1 atom stereocenters. The lowest BCUT2D eigenvalue weighted by atomic mass is 10.1. The molecule has 3 heterocycles. The molecular formula is C34H27BrF2N6O3S2. The lowest BCUT2D eigenvalue weighted by molar-refractivity contribution is 0.303. The van der Waals surface area contributed by atoms with Crippen LogP contribution in [0.15, 0.2) is 95.2 Å². The first-order chi connectivity index (χ1) is 23.3. The monoisotopic (exact) mass is 748 g/mol. The van der Waals surface area contributed by atoms with Crippen LogP contribution in [0.4, 0.5) is 20.3 Å². The van der Waals surface area contributed by atoms with Gasteiger partial charge in [0.25, 0.3) is 0 Å². The van der Waals surface area contributed by atoms with Gasteiger partial charge in [-0.25, -0.2) is 23.7 Å². The molecule has 244 valence electrons. The number of ether oxygens (including phenoxy) is 1. The fourth-order valence-corrected chi connectivity index (χ4v) is 6.87. The molecule has 6 aromatic rings. The SMILES string of the molecule is CCC(NC(Cc1ccccn1)=S(=O)=O)c1nc(-c2cc3c(Nc4ccc(OCc5cccc(F)c5)c(Br)c4)ncnc3cc2F)cs1. The maximum Gasteiger partial charge on any atom is 0.228 e. The van der Waals surface area contributed by atoms with Crippen LogP contribution >= 0.6 is 27.3 Å². The number of benzene rings is 3. The van der Waals surface area contributed by atoms with Gasteiger partial charge in [0.2, 0.25) is 10.3 Å². The van der Waals surface area contributed by atoms with Crippen LogP contribution in [0.1, 0.15) is 35.7 Å². The summed E-state index contributed by atoms with van der Waals surface area (Å²) in [7, 11) is -2.49. The van der Waals surface area contributed by atoms with Gasteiger partial charge in [0.15, 0.2) is 0 Å². The van der Waals surface area contributed by atoms with Gasteiger partial charge >= 0.3 is 0 Å². The van der Waals surface area contributed by atoms with E-state index in [2.05, 4.69) is 41.5 Å². The van der Waals surface area contributed by atoms with E-state index in [4.69, 9.17) is 9.72 Å². The van der Waals surface area contributed by atoms with Crippen molar-refractivity contribution in [3.05, 3.63) is 123 Å². The van der Waals surface area contributed by atoms with Crippen molar-refractivity contribution >= 4 is 65.0 Å². The van der Waals surface area contributed by atoms with Gasteiger partial charge in [-0.05, 0) is 76.4 Å². The predicted octanol–water partition coefficient (Wildman–Crippen LogP) is 7.80. The third-order valence-corrected chi connectivity index (χ3v) is 9.55. The van der Waals surface area contributed by atoms with Crippen molar-refractivity contribution in [1.29, 1.82) is 0 Å². The van der Waals surface area contributed by atoms with E-state index in [9.17, 15) is 12.8 Å². The third kappa shape index (κ3) is 7.90. The summed E-state index contributed by atoms with van der Waals surface area (Å²) in [6.07, 6.45) is 3.62. The molecule has 0 radical (unpaired) electrons. The molecule has 0 fully saturated rings. The Morgan fingerprint density at radius 2 is 1.90 bits per heavy atom. The zero-order valence-corrected chi connectivity index (χ0v) is 28.5. The van der Waals surface area contributed by atoms with Gasteiger partial charge in [0, 0.05) is 46.4 Å². The summed E-state index contributed by atoms with van der Waals surface area (Å²) in [6, 6.07) is 19.5. The van der Waals surface area contributed by atoms with E-state index in [1.54, 1.807) is 54.0 Å². The van der Waals surface area contributed by atoms with E-state index in [1.165, 1.54) is 35.9 Å². The molecule has 1 unspecified atom stereocenters. The molecule has 0 amide bonds. The van der Waals surface area contributed by atoms with E-state index < -0.39 is 22.2 Å². The summed E-state index contributed by atoms with van der Waals surface area (Å²) in [4.78, 5) is 17.7. The number of pyridine rings is 1. The second-order valence-corrected chi connectivity index (χ2v) is 13.3. The highest BCUT2D eigenvalue weighted by atomic mass is 79.9. The predicted molar refractivity (Wildman–Crippen MR) is 187 cm³/mol. The first-order valence-corrected chi connectivity index (χ1v) is 17.5. The Bertz CT molecular complexity index is 2230. The van der Waals surface area contributed by atoms with Gasteiger partial charge in [-0.2, -0.15) is 8.42 Å². The first kappa shape index (κ1) is 33.3. The molecule has 0 aliphatic rings. The van der Waals surface area contributed by atoms with E-state index in [0.29, 0.717) is 61.0 Å². The summed E-state index contributed by atoms with van der Waals surface area (Å²) in [5, 5.41) is 9.31. The number of hydrogen-bond acceptors (Lipinski definition) is 9. The zero-order valence-electron chi connectivity index (χ0n) is 25.3. The largest absolute Gasteiger partial charge is 0.488 e. The number of nitrogens with zero attached hydrogens (tertiary/aromatic N) is 4. The lowest BCUT2D eigenvalue weighted by Crippen LogP contribution is -2.30. The van der Waals surface area contributed by atoms with Gasteiger partial charge in [0.05, 0.1) is 21.7 Å². The highest BCUT2D eigenvalue weighted by Crippen LogP contribution is 2.35. The Hall–Kier alpha value is -4.63. The van der Waals surface area contributed by atoms with Crippen molar-refractivity contribution in [3.8, 4) is 17.0 Å². The molecular weight excluding hydrogens is 722 g/mol. The molecule has 3 aromatic heterocycles. The zero-order chi connectivity index (χ0) is 33.6. The summed E-state index contributed by atoms with van der Waals surface area (Å²) in [5.41, 5.74) is 3.06. The van der Waals surface area contributed by atoms with Crippen molar-refractivity contribution < 1.29 is 21.9 Å². The molecule has 3 aromatic carbocycles. The second kappa shape index (κ2) is 15.1. The molecule has 0 bridgehead atoms. The number of hydrogen-bond donors (Lipinski definition) is 2. The normalized spacial score (nSPS) is 11.8. The fourth-order valence-electron chi connectivity index (χ4n) is 4.92. The van der Waals surface area contributed by atoms with Crippen LogP contribution in [0.2, 0.25) is 0 Å². The van der Waals surface area contributed by atoms with Crippen LogP contribution in [0.5, 0.6) is 5.75 Å². The minimum absolute atomic E-state index is 0.0971. The quantitative estimate of drug-likeness (QED) is 0.128. The topological polar surface area (TPSA) is 119 Å². The number of nitrogens with one attached hydrogen (secondary N) is 2. The van der Waals surface area contributed by atoms with E-state index in [0.717, 1.165) is 0 Å². The highest BCUT2D eigenvalue weighted by Gasteiger charge is 2.20. The van der Waals surface area contributed by atoms with Gasteiger partial charge in [-0.1, -0.05) is 25.1 Å². The van der Waals surface area contributed by atoms with Crippen LogP contribution in [0.25, 0.3) is 22.2 Å². The molecule has 0 saturated heterocycles. The number of thiazole rings is 1. The number of aromatic nitrogens is 4. The van der Waals surface area contributed by atoms with Crippen LogP contribution in [0.3, 0.4) is 0 Å². The number of rotatable bonds is 11. The van der Waals surface area contributed by atoms with Gasteiger partial charge in [-0.3, -0.25) is 10.3 Å². The Kier molecular flexibility index (Phi) is 10.4. The fraction of sp³-hybridized carbons (Fsp3) is 0.147. The lowest BCUT2D eigenvalue weighted by Gasteiger charge is -2.14. The number of anilines is 2. The standard InChI is InChI=1S/C34H27BrF2N6O3S2/c1-2-28(42-32(48(44)45)14-22-8-3-4-11-38-22)34-43-30(18-47-34)24-15-25-29(16-27(24)37)39-19-40-33(25)41-23-9-10-31(26(35)13-23)46-17-20-6-5-7-21(36)12-20/h3-13,15-16,18-19,28,42H,2,14,17H2,1H3,(H,39,40,41). The molecule has 0 aliphatic carbocycles. The van der Waals surface area contributed by atoms with Crippen LogP contribution in [-0.4, -0.2) is 33.3 Å². The van der Waals surface area contributed by atoms with E-state index in [-0.39, 0.29) is 29.4 Å². The summed E-state index contributed by atoms with van der Waals surface area (Å²) < 4.78 is 59.6. The van der Waals surface area contributed by atoms with Gasteiger partial charge in [-0.15, -0.1) is 11.3 Å². The Morgan fingerprint density at radius 3 is 2.65 bits per heavy atom. The highest BCUT2D eigenvalue weighted by molar-refractivity contribution is 9.10. The first-order valence-electron chi connectivity index (χ1n) is 14.7. The van der Waals surface area contributed by atoms with Crippen molar-refractivity contribution in [3.63, 3.8) is 0 Å². The molecule has 0 spiro atoms. The van der Waals surface area contributed by atoms with Crippen molar-refractivity contribution in [2.45, 2.75) is 32.4 Å². The maximum absolute atomic E-state index is 15.5. The Morgan fingerprint density at radius 1 is 1.02 bits per heavy atom. The summed E-state index contributed by atoms with van der Waals surface area (Å²) in [5.74, 6) is 0.197. The Labute approximate surface area is 288 Å². The van der Waals surface area contributed by atoms with Gasteiger partial charge in [0.1, 0.15) is 46.1 Å². The maximum atomic E-state index is 15.5. The summed E-state index contributed by atoms with van der Waals surface area (Å²) in [6.45, 7) is 2.11. The van der Waals surface area contributed by atoms with Crippen molar-refractivity contribution in [2.24, 2.45) is 0 Å². The molecule has 0 aliphatic heterocycles. The van der Waals surface area contributed by atoms with Crippen molar-refractivity contribution in [1.82, 2.24) is 25.3 Å². The molecule has 0 saturated carbocycles. The molecule has 14 heteroatoms. The third-order valence-electron chi connectivity index (χ3n) is 7.31. The molecule has 6 rings (SSSR count). The average molecular weight is 750 g/mol. The minimum Gasteiger partial charge on any atom is -0.488 e. The number of fused-ring (bicyclic) bond motifs is 1. The molecule has 48 heavy (non-hydrogen) atoms.